The number of pyridine rings is 1. The molecule has 1 heterocycles. The van der Waals surface area contributed by atoms with Crippen LogP contribution in [0.15, 0.2) is 61.2 Å². The van der Waals surface area contributed by atoms with Crippen LogP contribution >= 0.6 is 19.0 Å². The normalized spacial score (nSPS) is 22.5. The predicted molar refractivity (Wildman–Crippen MR) is 113 cm³/mol. The SMILES string of the molecule is C=C[C@@H]1C[C@]1(N(Cc1ccccc1)C(=O)O)[P@](=O)(Cc1cccc(Cl)n1)OCC. The Labute approximate surface area is 175 Å². The van der Waals surface area contributed by atoms with E-state index in [1.807, 2.05) is 30.3 Å². The van der Waals surface area contributed by atoms with Crippen LogP contribution in [0.2, 0.25) is 5.15 Å². The van der Waals surface area contributed by atoms with Crippen molar-refractivity contribution in [1.82, 2.24) is 9.88 Å². The van der Waals surface area contributed by atoms with E-state index in [-0.39, 0.29) is 30.4 Å². The van der Waals surface area contributed by atoms with Gasteiger partial charge in [-0.05, 0) is 31.0 Å². The molecule has 0 radical (unpaired) electrons. The van der Waals surface area contributed by atoms with Crippen LogP contribution in [0.5, 0.6) is 0 Å². The van der Waals surface area contributed by atoms with Crippen molar-refractivity contribution >= 4 is 25.1 Å². The Morgan fingerprint density at radius 3 is 2.66 bits per heavy atom. The summed E-state index contributed by atoms with van der Waals surface area (Å²) in [5.41, 5.74) is 1.32. The second kappa shape index (κ2) is 8.70. The highest BCUT2D eigenvalue weighted by molar-refractivity contribution is 7.60. The molecule has 1 fully saturated rings. The molecule has 29 heavy (non-hydrogen) atoms. The van der Waals surface area contributed by atoms with Crippen LogP contribution in [0, 0.1) is 5.92 Å². The van der Waals surface area contributed by atoms with E-state index in [2.05, 4.69) is 11.6 Å². The summed E-state index contributed by atoms with van der Waals surface area (Å²) in [6.45, 7) is 5.89. The molecule has 3 atom stereocenters. The zero-order chi connectivity index (χ0) is 21.1. The zero-order valence-corrected chi connectivity index (χ0v) is 17.9. The highest BCUT2D eigenvalue weighted by Gasteiger charge is 2.70. The molecule has 1 aliphatic rings. The third-order valence-electron chi connectivity index (χ3n) is 5.19. The lowest BCUT2D eigenvalue weighted by Crippen LogP contribution is -2.43. The van der Waals surface area contributed by atoms with E-state index < -0.39 is 18.7 Å². The Bertz CT molecular complexity index is 939. The lowest BCUT2D eigenvalue weighted by molar-refractivity contribution is 0.123. The number of rotatable bonds is 9. The van der Waals surface area contributed by atoms with Crippen molar-refractivity contribution in [2.45, 2.75) is 31.3 Å². The highest BCUT2D eigenvalue weighted by Crippen LogP contribution is 2.76. The van der Waals surface area contributed by atoms with Gasteiger partial charge in [0.25, 0.3) is 0 Å². The van der Waals surface area contributed by atoms with Crippen LogP contribution in [0.25, 0.3) is 0 Å². The first-order valence-electron chi connectivity index (χ1n) is 9.38. The van der Waals surface area contributed by atoms with Gasteiger partial charge in [-0.25, -0.2) is 9.78 Å². The molecule has 0 unspecified atom stereocenters. The summed E-state index contributed by atoms with van der Waals surface area (Å²) in [7, 11) is -3.52. The molecule has 1 aromatic heterocycles. The molecule has 8 heteroatoms. The van der Waals surface area contributed by atoms with Crippen LogP contribution in [-0.4, -0.2) is 33.0 Å². The van der Waals surface area contributed by atoms with Crippen molar-refractivity contribution in [1.29, 1.82) is 0 Å². The maximum absolute atomic E-state index is 14.2. The summed E-state index contributed by atoms with van der Waals surface area (Å²) in [5, 5.41) is 9.16. The molecule has 0 saturated heterocycles. The van der Waals surface area contributed by atoms with Crippen molar-refractivity contribution in [2.75, 3.05) is 6.61 Å². The molecule has 1 aliphatic carbocycles. The van der Waals surface area contributed by atoms with Gasteiger partial charge in [0, 0.05) is 5.92 Å². The maximum atomic E-state index is 14.2. The lowest BCUT2D eigenvalue weighted by Gasteiger charge is -2.36. The average molecular weight is 435 g/mol. The first-order chi connectivity index (χ1) is 13.9. The van der Waals surface area contributed by atoms with Gasteiger partial charge in [0.1, 0.15) is 10.4 Å². The second-order valence-electron chi connectivity index (χ2n) is 6.98. The quantitative estimate of drug-likeness (QED) is 0.314. The highest BCUT2D eigenvalue weighted by atomic mass is 35.5. The number of carbonyl (C=O) groups is 1. The minimum atomic E-state index is -3.52. The average Bonchev–Trinajstić information content (AvgIpc) is 3.43. The third kappa shape index (κ3) is 4.25. The number of hydrogen-bond acceptors (Lipinski definition) is 4. The number of nitrogens with zero attached hydrogens (tertiary/aromatic N) is 2. The lowest BCUT2D eigenvalue weighted by atomic mass is 10.2. The fraction of sp³-hybridized carbons (Fsp3) is 0.333. The van der Waals surface area contributed by atoms with Gasteiger partial charge >= 0.3 is 6.09 Å². The molecule has 154 valence electrons. The molecule has 1 amide bonds. The monoisotopic (exact) mass is 434 g/mol. The van der Waals surface area contributed by atoms with E-state index in [4.69, 9.17) is 16.1 Å². The van der Waals surface area contributed by atoms with Crippen molar-refractivity contribution in [3.05, 3.63) is 77.6 Å². The van der Waals surface area contributed by atoms with E-state index >= 15 is 0 Å². The van der Waals surface area contributed by atoms with Gasteiger partial charge in [-0.2, -0.15) is 0 Å². The van der Waals surface area contributed by atoms with Gasteiger partial charge in [-0.1, -0.05) is 54.1 Å². The summed E-state index contributed by atoms with van der Waals surface area (Å²) < 4.78 is 20.0. The number of aromatic nitrogens is 1. The maximum Gasteiger partial charge on any atom is 0.408 e. The number of halogens is 1. The molecular weight excluding hydrogens is 411 g/mol. The summed E-state index contributed by atoms with van der Waals surface area (Å²) >= 11 is 5.99. The van der Waals surface area contributed by atoms with Crippen LogP contribution in [0.1, 0.15) is 24.6 Å². The number of hydrogen-bond donors (Lipinski definition) is 1. The van der Waals surface area contributed by atoms with Gasteiger partial charge in [0.15, 0.2) is 0 Å². The minimum absolute atomic E-state index is 0.00428. The summed E-state index contributed by atoms with van der Waals surface area (Å²) in [6, 6.07) is 14.3. The van der Waals surface area contributed by atoms with Gasteiger partial charge < -0.3 is 9.63 Å². The topological polar surface area (TPSA) is 79.7 Å². The molecule has 0 spiro atoms. The Morgan fingerprint density at radius 2 is 2.10 bits per heavy atom. The standard InChI is InChI=1S/C21H24ClN2O4P/c1-3-17-13-21(17,24(20(25)26)14-16-9-6-5-7-10-16)29(27,28-4-2)15-18-11-8-12-19(22)23-18/h3,5-12,17H,1,4,13-15H2,2H3,(H,25,26)/t17-,21+,29+/m1/s1. The van der Waals surface area contributed by atoms with E-state index in [1.54, 1.807) is 31.2 Å². The van der Waals surface area contributed by atoms with Crippen LogP contribution in [0.4, 0.5) is 4.79 Å². The number of amides is 1. The Balaban J connectivity index is 2.04. The molecule has 1 aromatic carbocycles. The molecule has 0 bridgehead atoms. The van der Waals surface area contributed by atoms with Crippen LogP contribution in [0.3, 0.4) is 0 Å². The van der Waals surface area contributed by atoms with Crippen molar-refractivity contribution in [3.63, 3.8) is 0 Å². The third-order valence-corrected chi connectivity index (χ3v) is 8.75. The Hall–Kier alpha value is -2.14. The van der Waals surface area contributed by atoms with Gasteiger partial charge in [-0.3, -0.25) is 9.46 Å². The fourth-order valence-electron chi connectivity index (χ4n) is 3.81. The molecule has 1 saturated carbocycles. The van der Waals surface area contributed by atoms with Crippen molar-refractivity contribution in [2.24, 2.45) is 5.92 Å². The van der Waals surface area contributed by atoms with Crippen LogP contribution < -0.4 is 0 Å². The van der Waals surface area contributed by atoms with E-state index in [9.17, 15) is 14.5 Å². The van der Waals surface area contributed by atoms with Gasteiger partial charge in [-0.15, -0.1) is 6.58 Å². The van der Waals surface area contributed by atoms with Crippen LogP contribution in [-0.2, 0) is 21.8 Å². The molecule has 2 aromatic rings. The molecule has 1 N–H and O–H groups in total. The predicted octanol–water partition coefficient (Wildman–Crippen LogP) is 5.63. The molecule has 3 rings (SSSR count). The van der Waals surface area contributed by atoms with Gasteiger partial charge in [0.05, 0.1) is 25.0 Å². The largest absolute Gasteiger partial charge is 0.465 e. The zero-order valence-electron chi connectivity index (χ0n) is 16.2. The van der Waals surface area contributed by atoms with E-state index in [1.165, 1.54) is 4.90 Å². The van der Waals surface area contributed by atoms with Crippen molar-refractivity contribution in [3.8, 4) is 0 Å². The second-order valence-corrected chi connectivity index (χ2v) is 10.1. The number of benzene rings is 1. The Morgan fingerprint density at radius 1 is 1.38 bits per heavy atom. The van der Waals surface area contributed by atoms with Gasteiger partial charge in [0.2, 0.25) is 7.37 Å². The van der Waals surface area contributed by atoms with Crippen molar-refractivity contribution < 1.29 is 19.0 Å². The van der Waals surface area contributed by atoms with E-state index in [0.717, 1.165) is 5.56 Å². The summed E-state index contributed by atoms with van der Waals surface area (Å²) in [4.78, 5) is 17.8. The molecule has 0 aliphatic heterocycles. The Kier molecular flexibility index (Phi) is 6.47. The number of carboxylic acid groups (broad SMARTS) is 1. The summed E-state index contributed by atoms with van der Waals surface area (Å²) in [6.07, 6.45) is 0.924. The summed E-state index contributed by atoms with van der Waals surface area (Å²) in [5.74, 6) is -0.265. The fourth-order valence-corrected chi connectivity index (χ4v) is 7.21. The first kappa shape index (κ1) is 21.6. The van der Waals surface area contributed by atoms with E-state index in [0.29, 0.717) is 12.1 Å². The smallest absolute Gasteiger partial charge is 0.408 e. The molecular formula is C21H24ClN2O4P. The minimum Gasteiger partial charge on any atom is -0.465 e. The molecule has 6 nitrogen and oxygen atoms in total. The first-order valence-corrected chi connectivity index (χ1v) is 11.6.